The number of anilines is 1. The van der Waals surface area contributed by atoms with Crippen molar-refractivity contribution in [3.8, 4) is 0 Å². The first-order valence-electron chi connectivity index (χ1n) is 6.92. The maximum absolute atomic E-state index is 6.22. The maximum Gasteiger partial charge on any atom is 0.0682 e. The molecule has 0 radical (unpaired) electrons. The molecule has 2 aliphatic rings. The minimum Gasteiger partial charge on any atom is -0.381 e. The minimum atomic E-state index is -0.0385. The van der Waals surface area contributed by atoms with Gasteiger partial charge in [-0.05, 0) is 52.2 Å². The molecule has 1 aromatic rings. The normalized spacial score (nSPS) is 32.0. The third kappa shape index (κ3) is 1.93. The third-order valence-corrected chi connectivity index (χ3v) is 4.43. The lowest BCUT2D eigenvalue weighted by Gasteiger charge is -2.31. The molecule has 18 heavy (non-hydrogen) atoms. The van der Waals surface area contributed by atoms with Crippen LogP contribution < -0.4 is 5.32 Å². The maximum atomic E-state index is 6.22. The van der Waals surface area contributed by atoms with E-state index in [-0.39, 0.29) is 11.2 Å². The Morgan fingerprint density at radius 1 is 1.17 bits per heavy atom. The van der Waals surface area contributed by atoms with E-state index in [4.69, 9.17) is 4.74 Å². The van der Waals surface area contributed by atoms with Crippen molar-refractivity contribution in [1.82, 2.24) is 0 Å². The summed E-state index contributed by atoms with van der Waals surface area (Å²) in [4.78, 5) is 0. The summed E-state index contributed by atoms with van der Waals surface area (Å²) in [5, 5.41) is 3.69. The highest BCUT2D eigenvalue weighted by Gasteiger charge is 2.49. The molecule has 0 bridgehead atoms. The van der Waals surface area contributed by atoms with Gasteiger partial charge in [-0.1, -0.05) is 18.2 Å². The van der Waals surface area contributed by atoms with E-state index in [9.17, 15) is 0 Å². The molecule has 0 spiro atoms. The molecule has 2 heterocycles. The molecule has 98 valence electrons. The molecule has 2 atom stereocenters. The zero-order chi connectivity index (χ0) is 13.0. The molecule has 0 aromatic heterocycles. The van der Waals surface area contributed by atoms with Gasteiger partial charge in [-0.15, -0.1) is 0 Å². The summed E-state index contributed by atoms with van der Waals surface area (Å²) < 4.78 is 6.22. The van der Waals surface area contributed by atoms with Crippen molar-refractivity contribution >= 4 is 5.69 Å². The Morgan fingerprint density at radius 2 is 1.89 bits per heavy atom. The summed E-state index contributed by atoms with van der Waals surface area (Å²) in [6, 6.07) is 9.16. The molecular formula is C16H23NO. The standard InChI is InChI=1S/C16H23NO/c1-15(2)10-12(16(3,4)18-15)14-9-11-7-5-6-8-13(11)17-14/h5-8,12,14,17H,9-10H2,1-4H3. The van der Waals surface area contributed by atoms with Crippen LogP contribution in [0.15, 0.2) is 24.3 Å². The van der Waals surface area contributed by atoms with E-state index < -0.39 is 0 Å². The van der Waals surface area contributed by atoms with Crippen molar-refractivity contribution in [2.75, 3.05) is 5.32 Å². The van der Waals surface area contributed by atoms with Crippen molar-refractivity contribution in [1.29, 1.82) is 0 Å². The molecule has 2 aliphatic heterocycles. The topological polar surface area (TPSA) is 21.3 Å². The van der Waals surface area contributed by atoms with E-state index in [2.05, 4.69) is 57.3 Å². The Morgan fingerprint density at radius 3 is 2.50 bits per heavy atom. The Bertz CT molecular complexity index is 439. The number of rotatable bonds is 1. The van der Waals surface area contributed by atoms with Crippen LogP contribution in [0.5, 0.6) is 0 Å². The van der Waals surface area contributed by atoms with Crippen LogP contribution in [0.1, 0.15) is 39.7 Å². The van der Waals surface area contributed by atoms with E-state index in [1.165, 1.54) is 11.3 Å². The minimum absolute atomic E-state index is 0.00458. The Balaban J connectivity index is 1.83. The number of benzene rings is 1. The molecule has 1 N–H and O–H groups in total. The van der Waals surface area contributed by atoms with Gasteiger partial charge in [0.1, 0.15) is 0 Å². The van der Waals surface area contributed by atoms with Crippen LogP contribution >= 0.6 is 0 Å². The first-order chi connectivity index (χ1) is 8.37. The van der Waals surface area contributed by atoms with Crippen LogP contribution in [0.25, 0.3) is 0 Å². The lowest BCUT2D eigenvalue weighted by molar-refractivity contribution is -0.0758. The second-order valence-corrected chi connectivity index (χ2v) is 6.89. The van der Waals surface area contributed by atoms with Crippen molar-refractivity contribution in [3.63, 3.8) is 0 Å². The monoisotopic (exact) mass is 245 g/mol. The summed E-state index contributed by atoms with van der Waals surface area (Å²) >= 11 is 0. The van der Waals surface area contributed by atoms with Crippen molar-refractivity contribution in [3.05, 3.63) is 29.8 Å². The highest BCUT2D eigenvalue weighted by molar-refractivity contribution is 5.57. The van der Waals surface area contributed by atoms with Gasteiger partial charge in [0.25, 0.3) is 0 Å². The number of fused-ring (bicyclic) bond motifs is 1. The molecular weight excluding hydrogens is 222 g/mol. The first-order valence-corrected chi connectivity index (χ1v) is 6.92. The van der Waals surface area contributed by atoms with E-state index >= 15 is 0 Å². The predicted octanol–water partition coefficient (Wildman–Crippen LogP) is 3.62. The molecule has 1 fully saturated rings. The fourth-order valence-corrected chi connectivity index (χ4v) is 3.80. The van der Waals surface area contributed by atoms with Gasteiger partial charge in [-0.2, -0.15) is 0 Å². The van der Waals surface area contributed by atoms with Gasteiger partial charge < -0.3 is 10.1 Å². The van der Waals surface area contributed by atoms with Crippen LogP contribution in [0.2, 0.25) is 0 Å². The summed E-state index contributed by atoms with van der Waals surface area (Å²) in [7, 11) is 0. The average molecular weight is 245 g/mol. The third-order valence-electron chi connectivity index (χ3n) is 4.43. The van der Waals surface area contributed by atoms with Crippen molar-refractivity contribution in [2.24, 2.45) is 5.92 Å². The van der Waals surface area contributed by atoms with Crippen molar-refractivity contribution < 1.29 is 4.74 Å². The van der Waals surface area contributed by atoms with Gasteiger partial charge in [0, 0.05) is 17.6 Å². The lowest BCUT2D eigenvalue weighted by atomic mass is 9.80. The second kappa shape index (κ2) is 3.74. The van der Waals surface area contributed by atoms with Crippen LogP contribution in [0.4, 0.5) is 5.69 Å². The molecule has 0 amide bonds. The van der Waals surface area contributed by atoms with Gasteiger partial charge in [-0.3, -0.25) is 0 Å². The highest BCUT2D eigenvalue weighted by Crippen LogP contribution is 2.46. The lowest BCUT2D eigenvalue weighted by Crippen LogP contribution is -2.39. The van der Waals surface area contributed by atoms with Gasteiger partial charge in [-0.25, -0.2) is 0 Å². The SMILES string of the molecule is CC1(C)CC(C2Cc3ccccc3N2)C(C)(C)O1. The first kappa shape index (κ1) is 12.0. The highest BCUT2D eigenvalue weighted by atomic mass is 16.5. The Hall–Kier alpha value is -1.02. The zero-order valence-corrected chi connectivity index (χ0v) is 11.8. The summed E-state index contributed by atoms with van der Waals surface area (Å²) in [6.45, 7) is 8.88. The van der Waals surface area contributed by atoms with Gasteiger partial charge in [0.05, 0.1) is 11.2 Å². The predicted molar refractivity (Wildman–Crippen MR) is 74.9 cm³/mol. The summed E-state index contributed by atoms with van der Waals surface area (Å²) in [6.07, 6.45) is 2.26. The van der Waals surface area contributed by atoms with E-state index in [0.717, 1.165) is 12.8 Å². The molecule has 1 aromatic carbocycles. The number of nitrogens with one attached hydrogen (secondary N) is 1. The van der Waals surface area contributed by atoms with E-state index in [0.29, 0.717) is 12.0 Å². The van der Waals surface area contributed by atoms with Crippen LogP contribution in [0.3, 0.4) is 0 Å². The molecule has 3 rings (SSSR count). The summed E-state index contributed by atoms with van der Waals surface area (Å²) in [5.74, 6) is 0.569. The average Bonchev–Trinajstić information content (AvgIpc) is 2.75. The Labute approximate surface area is 110 Å². The largest absolute Gasteiger partial charge is 0.381 e. The van der Waals surface area contributed by atoms with Crippen molar-refractivity contribution in [2.45, 2.75) is 57.8 Å². The summed E-state index contributed by atoms with van der Waals surface area (Å²) in [5.41, 5.74) is 2.72. The fraction of sp³-hybridized carbons (Fsp3) is 0.625. The van der Waals surface area contributed by atoms with Crippen LogP contribution in [-0.4, -0.2) is 17.2 Å². The smallest absolute Gasteiger partial charge is 0.0682 e. The van der Waals surface area contributed by atoms with Crippen LogP contribution in [-0.2, 0) is 11.2 Å². The fourth-order valence-electron chi connectivity index (χ4n) is 3.80. The molecule has 2 nitrogen and oxygen atoms in total. The number of para-hydroxylation sites is 1. The molecule has 2 heteroatoms. The number of hydrogen-bond donors (Lipinski definition) is 1. The molecule has 1 saturated heterocycles. The molecule has 2 unspecified atom stereocenters. The van der Waals surface area contributed by atoms with Gasteiger partial charge in [0.2, 0.25) is 0 Å². The quantitative estimate of drug-likeness (QED) is 0.816. The van der Waals surface area contributed by atoms with E-state index in [1.807, 2.05) is 0 Å². The van der Waals surface area contributed by atoms with Crippen LogP contribution in [0, 0.1) is 5.92 Å². The molecule has 0 aliphatic carbocycles. The zero-order valence-electron chi connectivity index (χ0n) is 11.8. The second-order valence-electron chi connectivity index (χ2n) is 6.89. The number of ether oxygens (including phenoxy) is 1. The van der Waals surface area contributed by atoms with E-state index in [1.54, 1.807) is 0 Å². The Kier molecular flexibility index (Phi) is 2.50. The number of hydrogen-bond acceptors (Lipinski definition) is 2. The van der Waals surface area contributed by atoms with Gasteiger partial charge in [0.15, 0.2) is 0 Å². The molecule has 0 saturated carbocycles. The van der Waals surface area contributed by atoms with Gasteiger partial charge >= 0.3 is 0 Å².